The Bertz CT molecular complexity index is 703. The van der Waals surface area contributed by atoms with E-state index in [0.717, 1.165) is 49.6 Å². The molecule has 134 valence electrons. The first-order valence-corrected chi connectivity index (χ1v) is 9.96. The number of hydrogen-bond donors (Lipinski definition) is 1. The van der Waals surface area contributed by atoms with Gasteiger partial charge in [0.15, 0.2) is 5.82 Å². The zero-order chi connectivity index (χ0) is 17.2. The zero-order valence-corrected chi connectivity index (χ0v) is 15.0. The highest BCUT2D eigenvalue weighted by Crippen LogP contribution is 2.35. The third kappa shape index (κ3) is 3.62. The highest BCUT2D eigenvalue weighted by Gasteiger charge is 2.32. The van der Waals surface area contributed by atoms with Crippen LogP contribution in [0.1, 0.15) is 61.3 Å². The van der Waals surface area contributed by atoms with Crippen LogP contribution in [0.5, 0.6) is 0 Å². The average Bonchev–Trinajstić information content (AvgIpc) is 3.20. The van der Waals surface area contributed by atoms with Crippen molar-refractivity contribution in [3.8, 4) is 0 Å². The Kier molecular flexibility index (Phi) is 4.85. The van der Waals surface area contributed by atoms with Crippen molar-refractivity contribution in [1.82, 2.24) is 15.0 Å². The van der Waals surface area contributed by atoms with Gasteiger partial charge in [-0.15, -0.1) is 0 Å². The largest absolute Gasteiger partial charge is 0.480 e. The van der Waals surface area contributed by atoms with Gasteiger partial charge in [0.2, 0.25) is 5.89 Å². The Morgan fingerprint density at radius 3 is 2.76 bits per heavy atom. The molecule has 3 heterocycles. The maximum Gasteiger partial charge on any atom is 0.325 e. The lowest BCUT2D eigenvalue weighted by Gasteiger charge is -2.35. The van der Waals surface area contributed by atoms with Crippen LogP contribution in [0.3, 0.4) is 0 Å². The molecule has 2 aliphatic rings. The van der Waals surface area contributed by atoms with Gasteiger partial charge in [-0.3, -0.25) is 9.69 Å². The molecule has 1 unspecified atom stereocenters. The third-order valence-corrected chi connectivity index (χ3v) is 6.23. The normalized spacial score (nSPS) is 21.1. The van der Waals surface area contributed by atoms with Crippen molar-refractivity contribution in [3.63, 3.8) is 0 Å². The van der Waals surface area contributed by atoms with Crippen LogP contribution in [0, 0.1) is 5.92 Å². The Morgan fingerprint density at radius 2 is 2.16 bits per heavy atom. The van der Waals surface area contributed by atoms with Crippen molar-refractivity contribution in [2.45, 2.75) is 50.5 Å². The molecule has 1 aliphatic carbocycles. The van der Waals surface area contributed by atoms with Crippen LogP contribution < -0.4 is 0 Å². The van der Waals surface area contributed by atoms with Gasteiger partial charge >= 0.3 is 5.97 Å². The van der Waals surface area contributed by atoms with Gasteiger partial charge in [0, 0.05) is 12.3 Å². The molecule has 0 radical (unpaired) electrons. The molecule has 1 atom stereocenters. The second-order valence-electron chi connectivity index (χ2n) is 7.16. The quantitative estimate of drug-likeness (QED) is 0.848. The minimum atomic E-state index is -0.765. The maximum absolute atomic E-state index is 11.7. The molecule has 4 rings (SSSR count). The number of hydrogen-bond acceptors (Lipinski definition) is 6. The second kappa shape index (κ2) is 7.25. The fourth-order valence-corrected chi connectivity index (χ4v) is 4.46. The fourth-order valence-electron chi connectivity index (χ4n) is 3.79. The Balaban J connectivity index is 1.33. The maximum atomic E-state index is 11.7. The van der Waals surface area contributed by atoms with E-state index in [9.17, 15) is 9.90 Å². The number of rotatable bonds is 6. The van der Waals surface area contributed by atoms with Gasteiger partial charge in [-0.05, 0) is 67.1 Å². The van der Waals surface area contributed by atoms with Gasteiger partial charge in [-0.1, -0.05) is 11.6 Å². The summed E-state index contributed by atoms with van der Waals surface area (Å²) in [5.41, 5.74) is 0.887. The van der Waals surface area contributed by atoms with Crippen molar-refractivity contribution < 1.29 is 14.4 Å². The summed E-state index contributed by atoms with van der Waals surface area (Å²) in [6.07, 6.45) is 6.36. The summed E-state index contributed by atoms with van der Waals surface area (Å²) in [4.78, 5) is 18.3. The molecule has 2 aromatic heterocycles. The highest BCUT2D eigenvalue weighted by molar-refractivity contribution is 7.08. The van der Waals surface area contributed by atoms with E-state index in [1.807, 2.05) is 16.8 Å². The van der Waals surface area contributed by atoms with Crippen LogP contribution in [-0.4, -0.2) is 39.2 Å². The van der Waals surface area contributed by atoms with Gasteiger partial charge in [0.25, 0.3) is 0 Å². The molecule has 6 nitrogen and oxygen atoms in total. The Hall–Kier alpha value is -1.73. The third-order valence-electron chi connectivity index (χ3n) is 5.52. The van der Waals surface area contributed by atoms with Crippen LogP contribution in [-0.2, 0) is 11.2 Å². The summed E-state index contributed by atoms with van der Waals surface area (Å²) in [6.45, 7) is 1.59. The van der Waals surface area contributed by atoms with E-state index in [1.165, 1.54) is 19.3 Å². The highest BCUT2D eigenvalue weighted by atomic mass is 32.1. The van der Waals surface area contributed by atoms with Crippen molar-refractivity contribution in [3.05, 3.63) is 34.1 Å². The van der Waals surface area contributed by atoms with Crippen LogP contribution in [0.25, 0.3) is 0 Å². The Labute approximate surface area is 150 Å². The minimum Gasteiger partial charge on any atom is -0.480 e. The van der Waals surface area contributed by atoms with E-state index >= 15 is 0 Å². The summed E-state index contributed by atoms with van der Waals surface area (Å²) < 4.78 is 5.43. The summed E-state index contributed by atoms with van der Waals surface area (Å²) >= 11 is 1.55. The van der Waals surface area contributed by atoms with Gasteiger partial charge in [-0.25, -0.2) is 0 Å². The SMILES string of the molecule is O=C(O)C(c1ccsc1)N1CCC(Cc2nc(C3CCC3)no2)CC1. The average molecular weight is 361 g/mol. The number of nitrogens with zero attached hydrogens (tertiary/aromatic N) is 3. The smallest absolute Gasteiger partial charge is 0.325 e. The topological polar surface area (TPSA) is 79.5 Å². The number of piperidine rings is 1. The monoisotopic (exact) mass is 361 g/mol. The summed E-state index contributed by atoms with van der Waals surface area (Å²) in [5.74, 6) is 1.85. The van der Waals surface area contributed by atoms with Crippen molar-refractivity contribution in [1.29, 1.82) is 0 Å². The van der Waals surface area contributed by atoms with Crippen molar-refractivity contribution in [2.24, 2.45) is 5.92 Å². The number of carboxylic acid groups (broad SMARTS) is 1. The van der Waals surface area contributed by atoms with E-state index in [0.29, 0.717) is 11.8 Å². The van der Waals surface area contributed by atoms with E-state index < -0.39 is 12.0 Å². The molecule has 1 aliphatic heterocycles. The summed E-state index contributed by atoms with van der Waals surface area (Å²) in [7, 11) is 0. The second-order valence-corrected chi connectivity index (χ2v) is 7.94. The lowest BCUT2D eigenvalue weighted by atomic mass is 9.85. The fraction of sp³-hybridized carbons (Fsp3) is 0.611. The van der Waals surface area contributed by atoms with Crippen LogP contribution in [0.4, 0.5) is 0 Å². The molecule has 0 amide bonds. The number of likely N-dealkylation sites (tertiary alicyclic amines) is 1. The van der Waals surface area contributed by atoms with E-state index in [4.69, 9.17) is 4.52 Å². The molecule has 25 heavy (non-hydrogen) atoms. The predicted octanol–water partition coefficient (Wildman–Crippen LogP) is 3.48. The molecule has 0 spiro atoms. The molecule has 1 N–H and O–H groups in total. The number of thiophene rings is 1. The van der Waals surface area contributed by atoms with E-state index in [2.05, 4.69) is 15.0 Å². The van der Waals surface area contributed by atoms with Gasteiger partial charge in [-0.2, -0.15) is 16.3 Å². The number of aromatic nitrogens is 2. The number of carbonyl (C=O) groups is 1. The summed E-state index contributed by atoms with van der Waals surface area (Å²) in [5, 5.41) is 17.6. The zero-order valence-electron chi connectivity index (χ0n) is 14.1. The number of aliphatic carboxylic acids is 1. The molecule has 2 aromatic rings. The standard InChI is InChI=1S/C18H23N3O3S/c22-18(23)16(14-6-9-25-11-14)21-7-4-12(5-8-21)10-15-19-17(20-24-15)13-2-1-3-13/h6,9,11-13,16H,1-5,7-8,10H2,(H,22,23). The molecule has 0 bridgehead atoms. The molecule has 2 fully saturated rings. The first-order valence-electron chi connectivity index (χ1n) is 9.02. The van der Waals surface area contributed by atoms with Crippen LogP contribution >= 0.6 is 11.3 Å². The molecule has 7 heteroatoms. The molecular weight excluding hydrogens is 338 g/mol. The molecule has 0 aromatic carbocycles. The molecule has 1 saturated heterocycles. The van der Waals surface area contributed by atoms with Crippen LogP contribution in [0.2, 0.25) is 0 Å². The van der Waals surface area contributed by atoms with E-state index in [-0.39, 0.29) is 0 Å². The first-order chi connectivity index (χ1) is 12.2. The van der Waals surface area contributed by atoms with Gasteiger partial charge < -0.3 is 9.63 Å². The minimum absolute atomic E-state index is 0.489. The van der Waals surface area contributed by atoms with Gasteiger partial charge in [0.1, 0.15) is 6.04 Å². The molecule has 1 saturated carbocycles. The van der Waals surface area contributed by atoms with E-state index in [1.54, 1.807) is 11.3 Å². The lowest BCUT2D eigenvalue weighted by molar-refractivity contribution is -0.144. The summed E-state index contributed by atoms with van der Waals surface area (Å²) in [6, 6.07) is 1.39. The lowest BCUT2D eigenvalue weighted by Crippen LogP contribution is -2.40. The van der Waals surface area contributed by atoms with Gasteiger partial charge in [0.05, 0.1) is 0 Å². The van der Waals surface area contributed by atoms with Crippen LogP contribution in [0.15, 0.2) is 21.3 Å². The Morgan fingerprint density at radius 1 is 1.36 bits per heavy atom. The van der Waals surface area contributed by atoms with Crippen molar-refractivity contribution in [2.75, 3.05) is 13.1 Å². The van der Waals surface area contributed by atoms with Crippen molar-refractivity contribution >= 4 is 17.3 Å². The first kappa shape index (κ1) is 16.7. The molecular formula is C18H23N3O3S. The number of carboxylic acids is 1. The predicted molar refractivity (Wildman–Crippen MR) is 93.6 cm³/mol.